The van der Waals surface area contributed by atoms with E-state index < -0.39 is 0 Å². The minimum atomic E-state index is 1.05. The third kappa shape index (κ3) is 1.15. The molecule has 1 nitrogen and oxygen atoms in total. The van der Waals surface area contributed by atoms with Gasteiger partial charge in [-0.25, -0.2) is 0 Å². The molecule has 80 valence electrons. The van der Waals surface area contributed by atoms with Crippen LogP contribution in [-0.2, 0) is 6.42 Å². The summed E-state index contributed by atoms with van der Waals surface area (Å²) >= 11 is 0. The van der Waals surface area contributed by atoms with E-state index in [0.29, 0.717) is 0 Å². The number of aryl methyl sites for hydroxylation is 2. The molecule has 1 aromatic heterocycles. The first-order chi connectivity index (χ1) is 7.68. The van der Waals surface area contributed by atoms with Crippen LogP contribution in [0.1, 0.15) is 27.8 Å². The maximum absolute atomic E-state index is 4.29. The summed E-state index contributed by atoms with van der Waals surface area (Å²) in [7, 11) is 0. The van der Waals surface area contributed by atoms with Gasteiger partial charge < -0.3 is 0 Å². The molecule has 0 unspecified atom stereocenters. The lowest BCUT2D eigenvalue weighted by Crippen LogP contribution is -1.89. The largest absolute Gasteiger partial charge is 0.264 e. The lowest BCUT2D eigenvalue weighted by atomic mass is 9.97. The number of pyridine rings is 1. The zero-order valence-corrected chi connectivity index (χ0v) is 9.96. The van der Waals surface area contributed by atoms with Crippen molar-refractivity contribution in [3.05, 3.63) is 52.3 Å². The highest BCUT2D eigenvalue weighted by Crippen LogP contribution is 2.40. The lowest BCUT2D eigenvalue weighted by molar-refractivity contribution is 1.15. The second-order valence-electron chi connectivity index (χ2n) is 4.70. The number of benzene rings is 1. The third-order valence-electron chi connectivity index (χ3n) is 3.72. The summed E-state index contributed by atoms with van der Waals surface area (Å²) in [6.07, 6.45) is 5.02. The summed E-state index contributed by atoms with van der Waals surface area (Å²) in [6.45, 7) is 6.56. The van der Waals surface area contributed by atoms with Crippen LogP contribution in [0.25, 0.3) is 11.1 Å². The van der Waals surface area contributed by atoms with E-state index in [1.807, 2.05) is 12.4 Å². The second kappa shape index (κ2) is 3.18. The van der Waals surface area contributed by atoms with Gasteiger partial charge in [0.15, 0.2) is 0 Å². The molecular formula is C15H15N. The summed E-state index contributed by atoms with van der Waals surface area (Å²) in [6, 6.07) is 4.49. The molecule has 0 amide bonds. The van der Waals surface area contributed by atoms with Gasteiger partial charge in [-0.3, -0.25) is 4.98 Å². The van der Waals surface area contributed by atoms with E-state index in [1.54, 1.807) is 0 Å². The number of aromatic nitrogens is 1. The fourth-order valence-corrected chi connectivity index (χ4v) is 2.67. The molecule has 1 heteroatoms. The van der Waals surface area contributed by atoms with Crippen LogP contribution in [-0.4, -0.2) is 4.98 Å². The normalized spacial score (nSPS) is 12.4. The smallest absolute Gasteiger partial charge is 0.0309 e. The van der Waals surface area contributed by atoms with Crippen LogP contribution >= 0.6 is 0 Å². The van der Waals surface area contributed by atoms with Crippen molar-refractivity contribution < 1.29 is 0 Å². The summed E-state index contributed by atoms with van der Waals surface area (Å²) in [5.74, 6) is 0. The van der Waals surface area contributed by atoms with E-state index in [-0.39, 0.29) is 0 Å². The molecule has 0 saturated heterocycles. The minimum absolute atomic E-state index is 1.05. The molecule has 0 bridgehead atoms. The van der Waals surface area contributed by atoms with Gasteiger partial charge in [0.25, 0.3) is 0 Å². The van der Waals surface area contributed by atoms with E-state index in [1.165, 1.54) is 38.9 Å². The second-order valence-corrected chi connectivity index (χ2v) is 4.70. The van der Waals surface area contributed by atoms with Crippen molar-refractivity contribution >= 4 is 0 Å². The highest BCUT2D eigenvalue weighted by molar-refractivity contribution is 5.80. The Morgan fingerprint density at radius 3 is 2.62 bits per heavy atom. The van der Waals surface area contributed by atoms with Crippen molar-refractivity contribution in [3.8, 4) is 11.1 Å². The number of fused-ring (bicyclic) bond motifs is 3. The Morgan fingerprint density at radius 2 is 1.81 bits per heavy atom. The highest BCUT2D eigenvalue weighted by Gasteiger charge is 2.22. The third-order valence-corrected chi connectivity index (χ3v) is 3.72. The topological polar surface area (TPSA) is 12.9 Å². The van der Waals surface area contributed by atoms with Crippen LogP contribution in [0.3, 0.4) is 0 Å². The van der Waals surface area contributed by atoms with Gasteiger partial charge in [-0.15, -0.1) is 0 Å². The lowest BCUT2D eigenvalue weighted by Gasteiger charge is -2.08. The van der Waals surface area contributed by atoms with Crippen molar-refractivity contribution in [2.24, 2.45) is 0 Å². The molecule has 0 aliphatic heterocycles. The molecule has 0 fully saturated rings. The van der Waals surface area contributed by atoms with Crippen LogP contribution in [0.5, 0.6) is 0 Å². The Kier molecular flexibility index (Phi) is 1.90. The first-order valence-electron chi connectivity index (χ1n) is 5.71. The van der Waals surface area contributed by atoms with Crippen LogP contribution < -0.4 is 0 Å². The molecule has 3 rings (SSSR count). The van der Waals surface area contributed by atoms with Gasteiger partial charge in [-0.1, -0.05) is 12.1 Å². The Labute approximate surface area is 96.2 Å². The van der Waals surface area contributed by atoms with Gasteiger partial charge in [0.1, 0.15) is 0 Å². The number of hydrogen-bond donors (Lipinski definition) is 0. The van der Waals surface area contributed by atoms with Crippen molar-refractivity contribution in [2.75, 3.05) is 0 Å². The Hall–Kier alpha value is -1.63. The van der Waals surface area contributed by atoms with Crippen molar-refractivity contribution in [1.29, 1.82) is 0 Å². The zero-order valence-electron chi connectivity index (χ0n) is 9.96. The van der Waals surface area contributed by atoms with Gasteiger partial charge in [-0.2, -0.15) is 0 Å². The maximum atomic E-state index is 4.29. The van der Waals surface area contributed by atoms with Crippen molar-refractivity contribution in [2.45, 2.75) is 27.2 Å². The number of hydrogen-bond acceptors (Lipinski definition) is 1. The summed E-state index contributed by atoms with van der Waals surface area (Å²) in [5.41, 5.74) is 9.81. The summed E-state index contributed by atoms with van der Waals surface area (Å²) in [4.78, 5) is 4.29. The highest BCUT2D eigenvalue weighted by atomic mass is 14.6. The quantitative estimate of drug-likeness (QED) is 0.551. The van der Waals surface area contributed by atoms with Gasteiger partial charge in [-0.05, 0) is 59.7 Å². The molecule has 16 heavy (non-hydrogen) atoms. The monoisotopic (exact) mass is 209 g/mol. The van der Waals surface area contributed by atoms with Crippen LogP contribution in [0.2, 0.25) is 0 Å². The average molecular weight is 209 g/mol. The zero-order chi connectivity index (χ0) is 11.3. The molecule has 0 spiro atoms. The number of rotatable bonds is 0. The first-order valence-corrected chi connectivity index (χ1v) is 5.71. The molecule has 2 aromatic rings. The molecule has 0 atom stereocenters. The van der Waals surface area contributed by atoms with Crippen molar-refractivity contribution in [3.63, 3.8) is 0 Å². The standard InChI is InChI=1S/C15H15N/c1-9-4-5-13-14(11(9)3)6-12-8-16-7-10(2)15(12)13/h4-5,7-8H,6H2,1-3H3. The van der Waals surface area contributed by atoms with Crippen LogP contribution in [0, 0.1) is 20.8 Å². The molecule has 1 aliphatic carbocycles. The molecule has 0 saturated carbocycles. The summed E-state index contributed by atoms with van der Waals surface area (Å²) < 4.78 is 0. The van der Waals surface area contributed by atoms with E-state index in [9.17, 15) is 0 Å². The van der Waals surface area contributed by atoms with Crippen molar-refractivity contribution in [1.82, 2.24) is 4.98 Å². The van der Waals surface area contributed by atoms with Gasteiger partial charge >= 0.3 is 0 Å². The van der Waals surface area contributed by atoms with Gasteiger partial charge in [0.05, 0.1) is 0 Å². The molecule has 0 N–H and O–H groups in total. The van der Waals surface area contributed by atoms with E-state index in [4.69, 9.17) is 0 Å². The Bertz CT molecular complexity index is 582. The fourth-order valence-electron chi connectivity index (χ4n) is 2.67. The van der Waals surface area contributed by atoms with Crippen LogP contribution in [0.15, 0.2) is 24.5 Å². The predicted molar refractivity (Wildman–Crippen MR) is 66.7 cm³/mol. The van der Waals surface area contributed by atoms with E-state index >= 15 is 0 Å². The molecular weight excluding hydrogens is 194 g/mol. The van der Waals surface area contributed by atoms with E-state index in [0.717, 1.165) is 6.42 Å². The molecule has 0 radical (unpaired) electrons. The minimum Gasteiger partial charge on any atom is -0.264 e. The average Bonchev–Trinajstić information content (AvgIpc) is 2.64. The first kappa shape index (κ1) is 9.59. The van der Waals surface area contributed by atoms with Crippen LogP contribution in [0.4, 0.5) is 0 Å². The number of nitrogens with zero attached hydrogens (tertiary/aromatic N) is 1. The molecule has 1 aromatic carbocycles. The maximum Gasteiger partial charge on any atom is 0.0309 e. The predicted octanol–water partition coefficient (Wildman–Crippen LogP) is 3.58. The molecule has 1 heterocycles. The SMILES string of the molecule is Cc1ccc2c(c1C)Cc1cncc(C)c1-2. The van der Waals surface area contributed by atoms with E-state index in [2.05, 4.69) is 37.9 Å². The Balaban J connectivity index is 2.34. The molecule has 1 aliphatic rings. The van der Waals surface area contributed by atoms with Gasteiger partial charge in [0, 0.05) is 18.8 Å². The Morgan fingerprint density at radius 1 is 1.00 bits per heavy atom. The summed E-state index contributed by atoms with van der Waals surface area (Å²) in [5, 5.41) is 0. The van der Waals surface area contributed by atoms with Gasteiger partial charge in [0.2, 0.25) is 0 Å². The fraction of sp³-hybridized carbons (Fsp3) is 0.267.